The van der Waals surface area contributed by atoms with E-state index >= 15 is 0 Å². The largest absolute Gasteiger partial charge is 0.444 e. The zero-order valence-corrected chi connectivity index (χ0v) is 12.7. The fraction of sp³-hybridized carbons (Fsp3) is 0.933. The summed E-state index contributed by atoms with van der Waals surface area (Å²) in [6.07, 6.45) is 4.38. The third-order valence-electron chi connectivity index (χ3n) is 4.42. The Bertz CT molecular complexity index is 330. The summed E-state index contributed by atoms with van der Waals surface area (Å²) in [4.78, 5) is 12.0. The van der Waals surface area contributed by atoms with E-state index in [-0.39, 0.29) is 12.1 Å². The smallest absolute Gasteiger partial charge is 0.407 e. The number of hydrogen-bond acceptors (Lipinski definition) is 3. The summed E-state index contributed by atoms with van der Waals surface area (Å²) in [6, 6.07) is 0.277. The average Bonchev–Trinajstić information content (AvgIpc) is 2.53. The molecule has 4 nitrogen and oxygen atoms in total. The van der Waals surface area contributed by atoms with E-state index < -0.39 is 5.60 Å². The first kappa shape index (κ1) is 14.6. The maximum Gasteiger partial charge on any atom is 0.407 e. The quantitative estimate of drug-likeness (QED) is 0.768. The number of carbonyl (C=O) groups excluding carboxylic acids is 1. The van der Waals surface area contributed by atoms with Gasteiger partial charge in [-0.1, -0.05) is 6.92 Å². The highest BCUT2D eigenvalue weighted by molar-refractivity contribution is 5.68. The SMILES string of the molecule is CC1CC(NC(=O)OC(C)(C)C)C2(CCNCC2)C1. The van der Waals surface area contributed by atoms with Crippen molar-refractivity contribution in [2.75, 3.05) is 13.1 Å². The highest BCUT2D eigenvalue weighted by Crippen LogP contribution is 2.47. The minimum Gasteiger partial charge on any atom is -0.444 e. The molecule has 1 saturated carbocycles. The number of alkyl carbamates (subject to hydrolysis) is 1. The molecule has 0 aromatic heterocycles. The Morgan fingerprint density at radius 3 is 2.53 bits per heavy atom. The van der Waals surface area contributed by atoms with Crippen LogP contribution in [0.15, 0.2) is 0 Å². The first-order chi connectivity index (χ1) is 8.81. The second kappa shape index (κ2) is 5.31. The standard InChI is InChI=1S/C15H28N2O2/c1-11-9-12(17-13(18)19-14(2,3)4)15(10-11)5-7-16-8-6-15/h11-12,16H,5-10H2,1-4H3,(H,17,18). The summed E-state index contributed by atoms with van der Waals surface area (Å²) in [5.41, 5.74) is -0.128. The number of ether oxygens (including phenoxy) is 1. The summed E-state index contributed by atoms with van der Waals surface area (Å²) in [7, 11) is 0. The maximum absolute atomic E-state index is 12.0. The lowest BCUT2D eigenvalue weighted by atomic mass is 9.74. The maximum atomic E-state index is 12.0. The van der Waals surface area contributed by atoms with Crippen LogP contribution >= 0.6 is 0 Å². The molecule has 2 atom stereocenters. The molecule has 1 spiro atoms. The van der Waals surface area contributed by atoms with Crippen molar-refractivity contribution < 1.29 is 9.53 Å². The third kappa shape index (κ3) is 3.62. The molecule has 1 amide bonds. The van der Waals surface area contributed by atoms with Gasteiger partial charge in [-0.15, -0.1) is 0 Å². The Hall–Kier alpha value is -0.770. The van der Waals surface area contributed by atoms with Crippen LogP contribution in [0.5, 0.6) is 0 Å². The van der Waals surface area contributed by atoms with Crippen molar-refractivity contribution in [3.8, 4) is 0 Å². The van der Waals surface area contributed by atoms with E-state index in [4.69, 9.17) is 4.74 Å². The first-order valence-corrected chi connectivity index (χ1v) is 7.51. The highest BCUT2D eigenvalue weighted by atomic mass is 16.6. The van der Waals surface area contributed by atoms with Crippen LogP contribution in [-0.4, -0.2) is 30.8 Å². The van der Waals surface area contributed by atoms with Crippen molar-refractivity contribution in [2.45, 2.75) is 65.0 Å². The third-order valence-corrected chi connectivity index (χ3v) is 4.42. The molecule has 2 rings (SSSR count). The molecule has 19 heavy (non-hydrogen) atoms. The minimum absolute atomic E-state index is 0.260. The number of hydrogen-bond donors (Lipinski definition) is 2. The van der Waals surface area contributed by atoms with Gasteiger partial charge in [0.25, 0.3) is 0 Å². The molecule has 0 aromatic carbocycles. The van der Waals surface area contributed by atoms with Crippen LogP contribution in [0.3, 0.4) is 0 Å². The van der Waals surface area contributed by atoms with Gasteiger partial charge in [-0.2, -0.15) is 0 Å². The fourth-order valence-electron chi connectivity index (χ4n) is 3.71. The second-order valence-electron chi connectivity index (χ2n) is 7.36. The molecule has 1 aliphatic heterocycles. The van der Waals surface area contributed by atoms with Gasteiger partial charge < -0.3 is 15.4 Å². The summed E-state index contributed by atoms with van der Waals surface area (Å²) in [6.45, 7) is 10.2. The molecule has 0 radical (unpaired) electrons. The second-order valence-corrected chi connectivity index (χ2v) is 7.36. The summed E-state index contributed by atoms with van der Waals surface area (Å²) >= 11 is 0. The Balaban J connectivity index is 1.99. The number of piperidine rings is 1. The lowest BCUT2D eigenvalue weighted by Gasteiger charge is -2.39. The van der Waals surface area contributed by atoms with E-state index in [0.29, 0.717) is 11.3 Å². The topological polar surface area (TPSA) is 50.4 Å². The molecule has 4 heteroatoms. The van der Waals surface area contributed by atoms with E-state index in [9.17, 15) is 4.79 Å². The van der Waals surface area contributed by atoms with Crippen molar-refractivity contribution in [3.63, 3.8) is 0 Å². The van der Waals surface area contributed by atoms with Gasteiger partial charge in [-0.3, -0.25) is 0 Å². The Morgan fingerprint density at radius 2 is 1.95 bits per heavy atom. The minimum atomic E-state index is -0.421. The average molecular weight is 268 g/mol. The molecule has 1 heterocycles. The van der Waals surface area contributed by atoms with Gasteiger partial charge >= 0.3 is 6.09 Å². The Morgan fingerprint density at radius 1 is 1.32 bits per heavy atom. The van der Waals surface area contributed by atoms with Crippen LogP contribution in [0, 0.1) is 11.3 Å². The molecule has 110 valence electrons. The molecule has 2 fully saturated rings. The van der Waals surface area contributed by atoms with Crippen LogP contribution < -0.4 is 10.6 Å². The summed E-state index contributed by atoms with van der Waals surface area (Å²) < 4.78 is 5.40. The van der Waals surface area contributed by atoms with Gasteiger partial charge in [0.05, 0.1) is 0 Å². The van der Waals surface area contributed by atoms with E-state index in [1.165, 1.54) is 6.42 Å². The number of rotatable bonds is 1. The van der Waals surface area contributed by atoms with Crippen LogP contribution in [0.2, 0.25) is 0 Å². The zero-order valence-electron chi connectivity index (χ0n) is 12.7. The van der Waals surface area contributed by atoms with E-state index in [0.717, 1.165) is 32.4 Å². The lowest BCUT2D eigenvalue weighted by Crippen LogP contribution is -2.50. The summed E-state index contributed by atoms with van der Waals surface area (Å²) in [5.74, 6) is 0.693. The summed E-state index contributed by atoms with van der Waals surface area (Å²) in [5, 5.41) is 6.56. The highest BCUT2D eigenvalue weighted by Gasteiger charge is 2.47. The van der Waals surface area contributed by atoms with Gasteiger partial charge in [-0.25, -0.2) is 4.79 Å². The van der Waals surface area contributed by atoms with Gasteiger partial charge in [0.1, 0.15) is 5.60 Å². The normalized spacial score (nSPS) is 30.3. The van der Waals surface area contributed by atoms with E-state index in [1.807, 2.05) is 20.8 Å². The van der Waals surface area contributed by atoms with Crippen molar-refractivity contribution in [3.05, 3.63) is 0 Å². The van der Waals surface area contributed by atoms with Crippen LogP contribution in [0.4, 0.5) is 4.79 Å². The van der Waals surface area contributed by atoms with Crippen LogP contribution in [0.1, 0.15) is 53.4 Å². The van der Waals surface area contributed by atoms with Crippen LogP contribution in [-0.2, 0) is 4.74 Å². The molecule has 1 saturated heterocycles. The molecular formula is C15H28N2O2. The van der Waals surface area contributed by atoms with Crippen molar-refractivity contribution >= 4 is 6.09 Å². The molecular weight excluding hydrogens is 240 g/mol. The lowest BCUT2D eigenvalue weighted by molar-refractivity contribution is 0.0437. The fourth-order valence-corrected chi connectivity index (χ4v) is 3.71. The van der Waals surface area contributed by atoms with Gasteiger partial charge in [0.2, 0.25) is 0 Å². The van der Waals surface area contributed by atoms with Gasteiger partial charge in [0.15, 0.2) is 0 Å². The molecule has 0 aromatic rings. The molecule has 1 aliphatic carbocycles. The van der Waals surface area contributed by atoms with Crippen LogP contribution in [0.25, 0.3) is 0 Å². The molecule has 2 unspecified atom stereocenters. The monoisotopic (exact) mass is 268 g/mol. The first-order valence-electron chi connectivity index (χ1n) is 7.51. The van der Waals surface area contributed by atoms with E-state index in [2.05, 4.69) is 17.6 Å². The van der Waals surface area contributed by atoms with Gasteiger partial charge in [0, 0.05) is 6.04 Å². The predicted molar refractivity (Wildman–Crippen MR) is 76.1 cm³/mol. The number of amides is 1. The zero-order chi connectivity index (χ0) is 14.1. The molecule has 2 N–H and O–H groups in total. The van der Waals surface area contributed by atoms with Crippen molar-refractivity contribution in [2.24, 2.45) is 11.3 Å². The number of carbonyl (C=O) groups is 1. The molecule has 0 bridgehead atoms. The van der Waals surface area contributed by atoms with Gasteiger partial charge in [-0.05, 0) is 70.9 Å². The number of nitrogens with one attached hydrogen (secondary N) is 2. The van der Waals surface area contributed by atoms with Crippen molar-refractivity contribution in [1.82, 2.24) is 10.6 Å². The van der Waals surface area contributed by atoms with Crippen molar-refractivity contribution in [1.29, 1.82) is 0 Å². The Kier molecular flexibility index (Phi) is 4.09. The van der Waals surface area contributed by atoms with E-state index in [1.54, 1.807) is 0 Å². The Labute approximate surface area is 116 Å². The predicted octanol–water partition coefficient (Wildman–Crippen LogP) is 2.68. The molecule has 2 aliphatic rings.